The van der Waals surface area contributed by atoms with Gasteiger partial charge in [-0.15, -0.1) is 0 Å². The standard InChI is InChI=1S/C11H17BrO/c12-6-11(13)9-2-7-1-8(4-9)5-10(11)3-7/h7-10,13H,1-6H2. The minimum absolute atomic E-state index is 0.340. The number of halogens is 1. The zero-order chi connectivity index (χ0) is 9.05. The molecule has 4 saturated carbocycles. The summed E-state index contributed by atoms with van der Waals surface area (Å²) >= 11 is 3.51. The Bertz CT molecular complexity index is 198. The van der Waals surface area contributed by atoms with Gasteiger partial charge in [0.15, 0.2) is 0 Å². The predicted molar refractivity (Wildman–Crippen MR) is 55.8 cm³/mol. The van der Waals surface area contributed by atoms with E-state index in [1.54, 1.807) is 0 Å². The molecule has 0 saturated heterocycles. The second-order valence-electron chi connectivity index (χ2n) is 5.43. The third kappa shape index (κ3) is 1.08. The number of hydrogen-bond donors (Lipinski definition) is 1. The van der Waals surface area contributed by atoms with Crippen LogP contribution in [0.1, 0.15) is 32.1 Å². The smallest absolute Gasteiger partial charge is 0.0800 e. The molecule has 0 heterocycles. The molecule has 0 amide bonds. The second-order valence-corrected chi connectivity index (χ2v) is 5.99. The largest absolute Gasteiger partial charge is 0.388 e. The van der Waals surface area contributed by atoms with Crippen molar-refractivity contribution in [2.24, 2.45) is 23.7 Å². The van der Waals surface area contributed by atoms with Crippen LogP contribution in [0.3, 0.4) is 0 Å². The highest BCUT2D eigenvalue weighted by Gasteiger charge is 2.55. The van der Waals surface area contributed by atoms with Crippen molar-refractivity contribution in [2.75, 3.05) is 5.33 Å². The molecule has 4 aliphatic rings. The lowest BCUT2D eigenvalue weighted by atomic mass is 9.50. The molecule has 74 valence electrons. The summed E-state index contributed by atoms with van der Waals surface area (Å²) in [7, 11) is 0. The molecule has 0 aromatic carbocycles. The molecule has 0 unspecified atom stereocenters. The summed E-state index contributed by atoms with van der Waals surface area (Å²) < 4.78 is 0. The van der Waals surface area contributed by atoms with Gasteiger partial charge in [-0.05, 0) is 55.8 Å². The van der Waals surface area contributed by atoms with Gasteiger partial charge in [-0.3, -0.25) is 0 Å². The Hall–Kier alpha value is 0.440. The average molecular weight is 245 g/mol. The molecule has 2 heteroatoms. The number of alkyl halides is 1. The van der Waals surface area contributed by atoms with Gasteiger partial charge in [0, 0.05) is 5.33 Å². The van der Waals surface area contributed by atoms with Crippen molar-refractivity contribution in [1.29, 1.82) is 0 Å². The van der Waals surface area contributed by atoms with E-state index >= 15 is 0 Å². The average Bonchev–Trinajstić information content (AvgIpc) is 2.13. The Balaban J connectivity index is 1.93. The molecule has 4 fully saturated rings. The van der Waals surface area contributed by atoms with Crippen LogP contribution in [0.2, 0.25) is 0 Å². The first-order chi connectivity index (χ1) is 6.22. The first-order valence-electron chi connectivity index (χ1n) is 5.50. The SMILES string of the molecule is OC1(CBr)C2CC3CC(C2)CC1C3. The molecule has 0 aromatic rings. The Kier molecular flexibility index (Phi) is 1.83. The van der Waals surface area contributed by atoms with Crippen LogP contribution >= 0.6 is 15.9 Å². The van der Waals surface area contributed by atoms with E-state index in [9.17, 15) is 5.11 Å². The van der Waals surface area contributed by atoms with Crippen molar-refractivity contribution in [1.82, 2.24) is 0 Å². The van der Waals surface area contributed by atoms with E-state index in [0.29, 0.717) is 11.8 Å². The number of hydrogen-bond acceptors (Lipinski definition) is 1. The normalized spacial score (nSPS) is 58.6. The molecule has 0 aliphatic heterocycles. The van der Waals surface area contributed by atoms with Gasteiger partial charge in [0.1, 0.15) is 0 Å². The zero-order valence-electron chi connectivity index (χ0n) is 7.88. The molecular weight excluding hydrogens is 228 g/mol. The zero-order valence-corrected chi connectivity index (χ0v) is 9.46. The van der Waals surface area contributed by atoms with E-state index < -0.39 is 0 Å². The molecule has 0 atom stereocenters. The summed E-state index contributed by atoms with van der Waals surface area (Å²) in [6.45, 7) is 0. The van der Waals surface area contributed by atoms with Crippen LogP contribution in [-0.2, 0) is 0 Å². The van der Waals surface area contributed by atoms with E-state index in [1.165, 1.54) is 32.1 Å². The van der Waals surface area contributed by atoms with Gasteiger partial charge in [-0.1, -0.05) is 15.9 Å². The highest BCUT2D eigenvalue weighted by Crippen LogP contribution is 2.58. The summed E-state index contributed by atoms with van der Waals surface area (Å²) in [6, 6.07) is 0. The molecule has 4 aliphatic carbocycles. The van der Waals surface area contributed by atoms with Gasteiger partial charge in [-0.25, -0.2) is 0 Å². The molecule has 13 heavy (non-hydrogen) atoms. The molecule has 1 N–H and O–H groups in total. The van der Waals surface area contributed by atoms with E-state index in [0.717, 1.165) is 17.2 Å². The van der Waals surface area contributed by atoms with Crippen LogP contribution in [-0.4, -0.2) is 16.0 Å². The summed E-state index contributed by atoms with van der Waals surface area (Å²) in [6.07, 6.45) is 6.67. The van der Waals surface area contributed by atoms with Crippen LogP contribution in [0.4, 0.5) is 0 Å². The van der Waals surface area contributed by atoms with Gasteiger partial charge < -0.3 is 5.11 Å². The topological polar surface area (TPSA) is 20.2 Å². The summed E-state index contributed by atoms with van der Waals surface area (Å²) in [5.41, 5.74) is -0.340. The van der Waals surface area contributed by atoms with Gasteiger partial charge >= 0.3 is 0 Å². The molecule has 0 aromatic heterocycles. The van der Waals surface area contributed by atoms with Gasteiger partial charge in [0.2, 0.25) is 0 Å². The second kappa shape index (κ2) is 2.73. The van der Waals surface area contributed by atoms with Crippen LogP contribution in [0, 0.1) is 23.7 Å². The summed E-state index contributed by atoms with van der Waals surface area (Å²) in [4.78, 5) is 0. The van der Waals surface area contributed by atoms with Crippen molar-refractivity contribution in [3.8, 4) is 0 Å². The van der Waals surface area contributed by atoms with E-state index in [-0.39, 0.29) is 5.60 Å². The lowest BCUT2D eigenvalue weighted by molar-refractivity contribution is -0.157. The highest BCUT2D eigenvalue weighted by atomic mass is 79.9. The maximum atomic E-state index is 10.6. The molecule has 4 bridgehead atoms. The Morgan fingerprint density at radius 3 is 1.85 bits per heavy atom. The highest BCUT2D eigenvalue weighted by molar-refractivity contribution is 9.09. The molecule has 1 nitrogen and oxygen atoms in total. The fourth-order valence-corrected chi connectivity index (χ4v) is 5.13. The van der Waals surface area contributed by atoms with Crippen molar-refractivity contribution >= 4 is 15.9 Å². The summed E-state index contributed by atoms with van der Waals surface area (Å²) in [5, 5.41) is 11.4. The quantitative estimate of drug-likeness (QED) is 0.704. The van der Waals surface area contributed by atoms with E-state index in [4.69, 9.17) is 0 Å². The minimum Gasteiger partial charge on any atom is -0.388 e. The van der Waals surface area contributed by atoms with Crippen LogP contribution < -0.4 is 0 Å². The lowest BCUT2D eigenvalue weighted by Gasteiger charge is -2.58. The third-order valence-electron chi connectivity index (χ3n) is 4.77. The number of aliphatic hydroxyl groups is 1. The Morgan fingerprint density at radius 1 is 1.00 bits per heavy atom. The molecular formula is C11H17BrO. The predicted octanol–water partition coefficient (Wildman–Crippen LogP) is 2.57. The molecule has 0 radical (unpaired) electrons. The molecule has 4 rings (SSSR count). The van der Waals surface area contributed by atoms with Gasteiger partial charge in [0.25, 0.3) is 0 Å². The maximum Gasteiger partial charge on any atom is 0.0800 e. The van der Waals surface area contributed by atoms with E-state index in [1.807, 2.05) is 0 Å². The van der Waals surface area contributed by atoms with Gasteiger partial charge in [0.05, 0.1) is 5.60 Å². The number of rotatable bonds is 1. The van der Waals surface area contributed by atoms with Crippen molar-refractivity contribution in [3.05, 3.63) is 0 Å². The van der Waals surface area contributed by atoms with Crippen molar-refractivity contribution < 1.29 is 5.11 Å². The Labute approximate surface area is 88.0 Å². The van der Waals surface area contributed by atoms with E-state index in [2.05, 4.69) is 15.9 Å². The molecule has 0 spiro atoms. The first kappa shape index (κ1) is 8.72. The van der Waals surface area contributed by atoms with Gasteiger partial charge in [-0.2, -0.15) is 0 Å². The fourth-order valence-electron chi connectivity index (χ4n) is 4.22. The lowest BCUT2D eigenvalue weighted by Crippen LogP contribution is -2.58. The monoisotopic (exact) mass is 244 g/mol. The Morgan fingerprint density at radius 2 is 1.46 bits per heavy atom. The fraction of sp³-hybridized carbons (Fsp3) is 1.00. The van der Waals surface area contributed by atoms with Crippen LogP contribution in [0.5, 0.6) is 0 Å². The van der Waals surface area contributed by atoms with Crippen molar-refractivity contribution in [2.45, 2.75) is 37.7 Å². The van der Waals surface area contributed by atoms with Crippen LogP contribution in [0.25, 0.3) is 0 Å². The minimum atomic E-state index is -0.340. The first-order valence-corrected chi connectivity index (χ1v) is 6.63. The third-order valence-corrected chi connectivity index (χ3v) is 5.66. The van der Waals surface area contributed by atoms with Crippen molar-refractivity contribution in [3.63, 3.8) is 0 Å². The van der Waals surface area contributed by atoms with Crippen LogP contribution in [0.15, 0.2) is 0 Å². The summed E-state index contributed by atoms with van der Waals surface area (Å²) in [5.74, 6) is 3.15. The maximum absolute atomic E-state index is 10.6.